The molecular weight excluding hydrogens is 456 g/mol. The summed E-state index contributed by atoms with van der Waals surface area (Å²) in [6, 6.07) is 9.80. The minimum atomic E-state index is -3.60. The Balaban J connectivity index is 1.38. The molecule has 1 N–H and O–H groups in total. The van der Waals surface area contributed by atoms with Crippen molar-refractivity contribution in [2.45, 2.75) is 24.7 Å². The van der Waals surface area contributed by atoms with Gasteiger partial charge in [-0.1, -0.05) is 17.7 Å². The van der Waals surface area contributed by atoms with E-state index in [0.29, 0.717) is 12.8 Å². The lowest BCUT2D eigenvalue weighted by Crippen LogP contribution is -2.41. The van der Waals surface area contributed by atoms with Gasteiger partial charge in [0, 0.05) is 30.0 Å². The normalized spacial score (nSPS) is 15.6. The van der Waals surface area contributed by atoms with E-state index in [-0.39, 0.29) is 46.2 Å². The van der Waals surface area contributed by atoms with Gasteiger partial charge in [-0.15, -0.1) is 11.3 Å². The third-order valence-electron chi connectivity index (χ3n) is 5.42. The second-order valence-electron chi connectivity index (χ2n) is 7.64. The predicted molar refractivity (Wildman–Crippen MR) is 119 cm³/mol. The van der Waals surface area contributed by atoms with E-state index in [1.54, 1.807) is 29.6 Å². The Morgan fingerprint density at radius 2 is 1.81 bits per heavy atom. The van der Waals surface area contributed by atoms with Gasteiger partial charge in [-0.2, -0.15) is 4.31 Å². The van der Waals surface area contributed by atoms with Gasteiger partial charge in [-0.25, -0.2) is 22.2 Å². The molecule has 6 nitrogen and oxygen atoms in total. The zero-order valence-corrected chi connectivity index (χ0v) is 18.8. The van der Waals surface area contributed by atoms with E-state index in [4.69, 9.17) is 0 Å². The van der Waals surface area contributed by atoms with Crippen LogP contribution >= 0.6 is 11.3 Å². The molecule has 1 aromatic heterocycles. The molecule has 0 unspecified atom stereocenters. The van der Waals surface area contributed by atoms with Crippen LogP contribution in [0.2, 0.25) is 0 Å². The number of aryl methyl sites for hydroxylation is 1. The fourth-order valence-electron chi connectivity index (χ4n) is 3.57. The number of carbonyl (C=O) groups is 1. The number of sulfonamides is 1. The molecule has 0 spiro atoms. The summed E-state index contributed by atoms with van der Waals surface area (Å²) in [6.07, 6.45) is 0.765. The molecule has 168 valence electrons. The summed E-state index contributed by atoms with van der Waals surface area (Å²) in [5, 5.41) is 4.54. The monoisotopic (exact) mass is 477 g/mol. The molecule has 1 aliphatic heterocycles. The van der Waals surface area contributed by atoms with Crippen LogP contribution in [0.1, 0.15) is 18.4 Å². The molecule has 0 radical (unpaired) electrons. The van der Waals surface area contributed by atoms with Gasteiger partial charge in [0.1, 0.15) is 11.6 Å². The number of carbonyl (C=O) groups excluding carboxylic acids is 1. The van der Waals surface area contributed by atoms with Gasteiger partial charge in [0.05, 0.1) is 10.6 Å². The van der Waals surface area contributed by atoms with Gasteiger partial charge in [-0.05, 0) is 50.1 Å². The maximum Gasteiger partial charge on any atom is 0.243 e. The molecule has 1 aliphatic rings. The van der Waals surface area contributed by atoms with Crippen LogP contribution < -0.4 is 5.32 Å². The van der Waals surface area contributed by atoms with Gasteiger partial charge in [-0.3, -0.25) is 4.79 Å². The Morgan fingerprint density at radius 1 is 1.12 bits per heavy atom. The average molecular weight is 478 g/mol. The Kier molecular flexibility index (Phi) is 6.36. The first-order valence-corrected chi connectivity index (χ1v) is 12.3. The van der Waals surface area contributed by atoms with E-state index < -0.39 is 21.7 Å². The highest BCUT2D eigenvalue weighted by Gasteiger charge is 2.32. The number of benzene rings is 2. The lowest BCUT2D eigenvalue weighted by Gasteiger charge is -2.30. The summed E-state index contributed by atoms with van der Waals surface area (Å²) in [6.45, 7) is 2.37. The zero-order chi connectivity index (χ0) is 22.9. The SMILES string of the molecule is Cc1ccc(S(=O)(=O)N2CCC(C(=O)Nc3nc(-c4cc(F)ccc4F)cs3)CC2)cc1. The number of rotatable bonds is 5. The van der Waals surface area contributed by atoms with Crippen molar-refractivity contribution in [3.63, 3.8) is 0 Å². The van der Waals surface area contributed by atoms with Crippen LogP contribution in [0.5, 0.6) is 0 Å². The van der Waals surface area contributed by atoms with Gasteiger partial charge in [0.15, 0.2) is 5.13 Å². The van der Waals surface area contributed by atoms with Crippen LogP contribution in [0.15, 0.2) is 52.7 Å². The second-order valence-corrected chi connectivity index (χ2v) is 10.4. The number of thiazole rings is 1. The molecule has 4 rings (SSSR count). The molecule has 1 saturated heterocycles. The first-order valence-electron chi connectivity index (χ1n) is 10.0. The van der Waals surface area contributed by atoms with Crippen molar-refractivity contribution in [2.75, 3.05) is 18.4 Å². The molecule has 1 fully saturated rings. The minimum absolute atomic E-state index is 0.0244. The molecule has 0 atom stereocenters. The van der Waals surface area contributed by atoms with Crippen molar-refractivity contribution in [1.82, 2.24) is 9.29 Å². The fraction of sp³-hybridized carbons (Fsp3) is 0.273. The zero-order valence-electron chi connectivity index (χ0n) is 17.2. The summed E-state index contributed by atoms with van der Waals surface area (Å²) >= 11 is 1.12. The van der Waals surface area contributed by atoms with Crippen LogP contribution in [0.25, 0.3) is 11.3 Å². The summed E-state index contributed by atoms with van der Waals surface area (Å²) in [4.78, 5) is 17.1. The third-order valence-corrected chi connectivity index (χ3v) is 8.09. The van der Waals surface area contributed by atoms with Crippen LogP contribution in [-0.4, -0.2) is 36.7 Å². The second kappa shape index (κ2) is 9.05. The summed E-state index contributed by atoms with van der Waals surface area (Å²) < 4.78 is 54.4. The van der Waals surface area contributed by atoms with E-state index in [9.17, 15) is 22.0 Å². The van der Waals surface area contributed by atoms with Crippen LogP contribution in [0.4, 0.5) is 13.9 Å². The smallest absolute Gasteiger partial charge is 0.243 e. The lowest BCUT2D eigenvalue weighted by molar-refractivity contribution is -0.120. The van der Waals surface area contributed by atoms with Crippen molar-refractivity contribution in [3.05, 3.63) is 65.0 Å². The maximum absolute atomic E-state index is 14.0. The quantitative estimate of drug-likeness (QED) is 0.589. The van der Waals surface area contributed by atoms with Crippen molar-refractivity contribution in [3.8, 4) is 11.3 Å². The Hall–Kier alpha value is -2.69. The van der Waals surface area contributed by atoms with Gasteiger partial charge in [0.2, 0.25) is 15.9 Å². The van der Waals surface area contributed by atoms with Crippen molar-refractivity contribution < 1.29 is 22.0 Å². The van der Waals surface area contributed by atoms with Crippen molar-refractivity contribution in [2.24, 2.45) is 5.92 Å². The molecule has 2 aromatic carbocycles. The fourth-order valence-corrected chi connectivity index (χ4v) is 5.76. The van der Waals surface area contributed by atoms with Crippen LogP contribution in [0, 0.1) is 24.5 Å². The molecule has 0 saturated carbocycles. The largest absolute Gasteiger partial charge is 0.302 e. The Labute approximate surface area is 189 Å². The maximum atomic E-state index is 14.0. The molecule has 0 aliphatic carbocycles. The van der Waals surface area contributed by atoms with E-state index in [2.05, 4.69) is 10.3 Å². The standard InChI is InChI=1S/C22H21F2N3O3S2/c1-14-2-5-17(6-3-14)32(29,30)27-10-8-15(9-11-27)21(28)26-22-25-20(13-31-22)18-12-16(23)4-7-19(18)24/h2-7,12-13,15H,8-11H2,1H3,(H,25,26,28). The van der Waals surface area contributed by atoms with E-state index in [0.717, 1.165) is 35.1 Å². The Bertz CT molecular complexity index is 1240. The summed E-state index contributed by atoms with van der Waals surface area (Å²) in [7, 11) is -3.60. The molecule has 10 heteroatoms. The minimum Gasteiger partial charge on any atom is -0.302 e. The number of hydrogen-bond acceptors (Lipinski definition) is 5. The number of anilines is 1. The highest BCUT2D eigenvalue weighted by molar-refractivity contribution is 7.89. The average Bonchev–Trinajstić information content (AvgIpc) is 3.24. The molecule has 32 heavy (non-hydrogen) atoms. The van der Waals surface area contributed by atoms with E-state index in [1.807, 2.05) is 6.92 Å². The van der Waals surface area contributed by atoms with Crippen molar-refractivity contribution >= 4 is 32.4 Å². The number of amides is 1. The van der Waals surface area contributed by atoms with Gasteiger partial charge in [0.25, 0.3) is 0 Å². The molecule has 0 bridgehead atoms. The summed E-state index contributed by atoms with van der Waals surface area (Å²) in [5.41, 5.74) is 1.24. The van der Waals surface area contributed by atoms with Gasteiger partial charge >= 0.3 is 0 Å². The predicted octanol–water partition coefficient (Wildman–Crippen LogP) is 4.44. The first-order chi connectivity index (χ1) is 15.2. The molecular formula is C22H21F2N3O3S2. The number of halogens is 2. The number of nitrogens with zero attached hydrogens (tertiary/aromatic N) is 2. The topological polar surface area (TPSA) is 79.4 Å². The first kappa shape index (κ1) is 22.5. The third kappa shape index (κ3) is 4.72. The summed E-state index contributed by atoms with van der Waals surface area (Å²) in [5.74, 6) is -1.81. The highest BCUT2D eigenvalue weighted by atomic mass is 32.2. The number of hydrogen-bond donors (Lipinski definition) is 1. The van der Waals surface area contributed by atoms with E-state index in [1.165, 1.54) is 4.31 Å². The number of piperidine rings is 1. The number of nitrogens with one attached hydrogen (secondary N) is 1. The van der Waals surface area contributed by atoms with Gasteiger partial charge < -0.3 is 5.32 Å². The molecule has 2 heterocycles. The lowest BCUT2D eigenvalue weighted by atomic mass is 9.97. The van der Waals surface area contributed by atoms with Crippen molar-refractivity contribution in [1.29, 1.82) is 0 Å². The van der Waals surface area contributed by atoms with E-state index >= 15 is 0 Å². The van der Waals surface area contributed by atoms with Crippen LogP contribution in [0.3, 0.4) is 0 Å². The highest BCUT2D eigenvalue weighted by Crippen LogP contribution is 2.29. The number of aromatic nitrogens is 1. The molecule has 1 amide bonds. The Morgan fingerprint density at radius 3 is 2.50 bits per heavy atom. The van der Waals surface area contributed by atoms with Crippen LogP contribution in [-0.2, 0) is 14.8 Å². The molecule has 3 aromatic rings.